The molecule has 0 aliphatic heterocycles. The van der Waals surface area contributed by atoms with Crippen molar-refractivity contribution >= 4 is 40.6 Å². The van der Waals surface area contributed by atoms with Gasteiger partial charge < -0.3 is 0 Å². The third kappa shape index (κ3) is 1.92. The summed E-state index contributed by atoms with van der Waals surface area (Å²) >= 11 is 0. The summed E-state index contributed by atoms with van der Waals surface area (Å²) in [5.74, 6) is 0. The number of para-hydroxylation sites is 3. The Labute approximate surface area is 116 Å². The Kier molecular flexibility index (Phi) is 3.44. The molecule has 0 saturated carbocycles. The van der Waals surface area contributed by atoms with Crippen molar-refractivity contribution in [1.29, 1.82) is 0 Å². The molecule has 0 saturated heterocycles. The fraction of sp³-hybridized carbons (Fsp3) is 0. The van der Waals surface area contributed by atoms with Crippen LogP contribution in [0.3, 0.4) is 0 Å². The Morgan fingerprint density at radius 1 is 0.812 bits per heavy atom. The number of hydrogen-bond donors (Lipinski definition) is 0. The van der Waals surface area contributed by atoms with Gasteiger partial charge in [0.15, 0.2) is 0 Å². The molecule has 3 aromatic rings. The summed E-state index contributed by atoms with van der Waals surface area (Å²) in [7, 11) is 0. The van der Waals surface area contributed by atoms with Crippen LogP contribution in [-0.2, 0) is 0 Å². The van der Waals surface area contributed by atoms with Crippen LogP contribution in [0.15, 0.2) is 60.9 Å². The molecule has 73 valence electrons. The number of nitrogens with zero attached hydrogens (tertiary/aromatic N) is 2. The average molecular weight is 217 g/mol. The fourth-order valence-corrected chi connectivity index (χ4v) is 1.75. The summed E-state index contributed by atoms with van der Waals surface area (Å²) < 4.78 is 2.09. The first-order chi connectivity index (χ1) is 7.45. The van der Waals surface area contributed by atoms with Crippen LogP contribution in [0.4, 0.5) is 0 Å². The topological polar surface area (TPSA) is 17.8 Å². The third-order valence-corrected chi connectivity index (χ3v) is 2.49. The number of imidazole rings is 1. The predicted octanol–water partition coefficient (Wildman–Crippen LogP) is 2.64. The number of fused-ring (bicyclic) bond motifs is 1. The van der Waals surface area contributed by atoms with Gasteiger partial charge in [-0.15, -0.1) is 0 Å². The van der Waals surface area contributed by atoms with E-state index in [9.17, 15) is 0 Å². The summed E-state index contributed by atoms with van der Waals surface area (Å²) in [6, 6.07) is 18.4. The Morgan fingerprint density at radius 3 is 2.31 bits per heavy atom. The van der Waals surface area contributed by atoms with Gasteiger partial charge in [-0.2, -0.15) is 0 Å². The summed E-state index contributed by atoms with van der Waals surface area (Å²) in [5.41, 5.74) is 3.32. The van der Waals surface area contributed by atoms with Crippen LogP contribution in [0.5, 0.6) is 0 Å². The van der Waals surface area contributed by atoms with Gasteiger partial charge in [0.05, 0.1) is 11.0 Å². The molecule has 2 nitrogen and oxygen atoms in total. The normalized spacial score (nSPS) is 10.0. The van der Waals surface area contributed by atoms with E-state index in [2.05, 4.69) is 27.8 Å². The summed E-state index contributed by atoms with van der Waals surface area (Å²) in [4.78, 5) is 4.36. The third-order valence-electron chi connectivity index (χ3n) is 2.49. The first-order valence-corrected chi connectivity index (χ1v) is 4.93. The van der Waals surface area contributed by atoms with Crippen molar-refractivity contribution in [2.45, 2.75) is 0 Å². The zero-order chi connectivity index (χ0) is 10.1. The summed E-state index contributed by atoms with van der Waals surface area (Å²) in [5, 5.41) is 0. The van der Waals surface area contributed by atoms with Gasteiger partial charge in [-0.3, -0.25) is 4.57 Å². The van der Waals surface area contributed by atoms with Gasteiger partial charge in [0.1, 0.15) is 6.33 Å². The largest absolute Gasteiger partial charge is 0.299 e. The van der Waals surface area contributed by atoms with Crippen LogP contribution >= 0.6 is 0 Å². The van der Waals surface area contributed by atoms with Crippen molar-refractivity contribution in [3.05, 3.63) is 60.9 Å². The molecule has 1 heterocycles. The Balaban J connectivity index is 0.000000963. The van der Waals surface area contributed by atoms with E-state index in [0.29, 0.717) is 0 Å². The van der Waals surface area contributed by atoms with Crippen molar-refractivity contribution in [1.82, 2.24) is 9.55 Å². The van der Waals surface area contributed by atoms with Crippen LogP contribution in [-0.4, -0.2) is 39.1 Å². The molecule has 1 aromatic heterocycles. The molecule has 0 aliphatic rings. The maximum Gasteiger partial charge on any atom is 0.100 e. The molecular weight excluding hydrogens is 207 g/mol. The van der Waals surface area contributed by atoms with Crippen molar-refractivity contribution in [2.24, 2.45) is 0 Å². The standard InChI is InChI=1S/C13H10N2.Na/c1-2-6-11(7-3-1)15-10-14-12-8-4-5-9-13(12)15;/h1-10H;. The van der Waals surface area contributed by atoms with Gasteiger partial charge in [-0.05, 0) is 24.3 Å². The molecule has 3 rings (SSSR count). The number of hydrogen-bond acceptors (Lipinski definition) is 1. The second-order valence-electron chi connectivity index (χ2n) is 3.44. The van der Waals surface area contributed by atoms with E-state index in [0.717, 1.165) is 16.7 Å². The predicted molar refractivity (Wildman–Crippen MR) is 66.8 cm³/mol. The van der Waals surface area contributed by atoms with Gasteiger partial charge in [-0.1, -0.05) is 30.3 Å². The molecule has 0 unspecified atom stereocenters. The second-order valence-corrected chi connectivity index (χ2v) is 3.44. The molecular formula is C13H10N2Na. The minimum atomic E-state index is 0. The van der Waals surface area contributed by atoms with Crippen molar-refractivity contribution in [3.8, 4) is 5.69 Å². The van der Waals surface area contributed by atoms with Crippen LogP contribution in [0.2, 0.25) is 0 Å². The number of aromatic nitrogens is 2. The van der Waals surface area contributed by atoms with Crippen molar-refractivity contribution in [3.63, 3.8) is 0 Å². The molecule has 1 radical (unpaired) electrons. The molecule has 0 amide bonds. The second kappa shape index (κ2) is 4.83. The van der Waals surface area contributed by atoms with E-state index < -0.39 is 0 Å². The Morgan fingerprint density at radius 2 is 1.50 bits per heavy atom. The maximum absolute atomic E-state index is 4.36. The fourth-order valence-electron chi connectivity index (χ4n) is 1.75. The van der Waals surface area contributed by atoms with Gasteiger partial charge in [0.25, 0.3) is 0 Å². The molecule has 2 aromatic carbocycles. The van der Waals surface area contributed by atoms with Crippen molar-refractivity contribution < 1.29 is 0 Å². The van der Waals surface area contributed by atoms with Gasteiger partial charge in [0.2, 0.25) is 0 Å². The van der Waals surface area contributed by atoms with E-state index in [1.165, 1.54) is 0 Å². The van der Waals surface area contributed by atoms with E-state index in [1.807, 2.05) is 42.7 Å². The number of benzene rings is 2. The minimum Gasteiger partial charge on any atom is -0.299 e. The zero-order valence-electron chi connectivity index (χ0n) is 9.17. The summed E-state index contributed by atoms with van der Waals surface area (Å²) in [6.07, 6.45) is 1.86. The van der Waals surface area contributed by atoms with E-state index >= 15 is 0 Å². The summed E-state index contributed by atoms with van der Waals surface area (Å²) in [6.45, 7) is 0. The first kappa shape index (κ1) is 11.4. The minimum absolute atomic E-state index is 0. The molecule has 3 heteroatoms. The van der Waals surface area contributed by atoms with Crippen molar-refractivity contribution in [2.75, 3.05) is 0 Å². The van der Waals surface area contributed by atoms with Crippen LogP contribution in [0, 0.1) is 0 Å². The molecule has 0 spiro atoms. The molecule has 16 heavy (non-hydrogen) atoms. The van der Waals surface area contributed by atoms with E-state index in [-0.39, 0.29) is 29.6 Å². The molecule has 0 bridgehead atoms. The van der Waals surface area contributed by atoms with Gasteiger partial charge >= 0.3 is 0 Å². The van der Waals surface area contributed by atoms with Crippen LogP contribution in [0.25, 0.3) is 16.7 Å². The molecule has 0 atom stereocenters. The quantitative estimate of drug-likeness (QED) is 0.573. The zero-order valence-corrected chi connectivity index (χ0v) is 11.2. The smallest absolute Gasteiger partial charge is 0.100 e. The molecule has 0 fully saturated rings. The van der Waals surface area contributed by atoms with E-state index in [4.69, 9.17) is 0 Å². The Bertz CT molecular complexity index is 587. The monoisotopic (exact) mass is 217 g/mol. The van der Waals surface area contributed by atoms with Crippen LogP contribution in [0.1, 0.15) is 0 Å². The SMILES string of the molecule is [Na].c1ccc(-n2cnc3ccccc32)cc1. The van der Waals surface area contributed by atoms with Gasteiger partial charge in [0, 0.05) is 35.2 Å². The molecule has 0 aliphatic carbocycles. The van der Waals surface area contributed by atoms with Gasteiger partial charge in [-0.25, -0.2) is 4.98 Å². The number of rotatable bonds is 1. The molecule has 0 N–H and O–H groups in total. The maximum atomic E-state index is 4.36. The van der Waals surface area contributed by atoms with Crippen LogP contribution < -0.4 is 0 Å². The first-order valence-electron chi connectivity index (χ1n) is 4.93. The average Bonchev–Trinajstić information content (AvgIpc) is 2.74. The Hall–Kier alpha value is -1.09. The van der Waals surface area contributed by atoms with E-state index in [1.54, 1.807) is 0 Å².